The quantitative estimate of drug-likeness (QED) is 0.498. The van der Waals surface area contributed by atoms with Gasteiger partial charge in [0.15, 0.2) is 5.92 Å². The van der Waals surface area contributed by atoms with Crippen LogP contribution in [0.2, 0.25) is 0 Å². The maximum atomic E-state index is 13.6. The predicted molar refractivity (Wildman–Crippen MR) is 113 cm³/mol. The third-order valence-corrected chi connectivity index (χ3v) is 5.43. The summed E-state index contributed by atoms with van der Waals surface area (Å²) in [6, 6.07) is 13.6. The number of anilines is 1. The first-order valence-electron chi connectivity index (χ1n) is 10.3. The number of carbonyl (C=O) groups is 2. The average molecular weight is 407 g/mol. The summed E-state index contributed by atoms with van der Waals surface area (Å²) in [6.07, 6.45) is 1.70. The Hall–Kier alpha value is -3.35. The lowest BCUT2D eigenvalue weighted by Gasteiger charge is -2.38. The highest BCUT2D eigenvalue weighted by atomic mass is 16.5. The number of aromatic hydroxyl groups is 1. The highest BCUT2D eigenvalue weighted by Gasteiger charge is 2.47. The molecule has 0 radical (unpaired) electrons. The second-order valence-electron chi connectivity index (χ2n) is 7.38. The second-order valence-corrected chi connectivity index (χ2v) is 7.38. The van der Waals surface area contributed by atoms with Crippen molar-refractivity contribution in [3.63, 3.8) is 0 Å². The van der Waals surface area contributed by atoms with Crippen LogP contribution < -0.4 is 4.90 Å². The fraction of sp³-hybridized carbons (Fsp3) is 0.348. The fourth-order valence-corrected chi connectivity index (χ4v) is 4.09. The number of imidazole rings is 1. The van der Waals surface area contributed by atoms with Crippen molar-refractivity contribution in [3.8, 4) is 5.75 Å². The zero-order chi connectivity index (χ0) is 21.3. The van der Waals surface area contributed by atoms with Crippen LogP contribution in [0.15, 0.2) is 48.5 Å². The maximum Gasteiger partial charge on any atom is 0.321 e. The largest absolute Gasteiger partial charge is 0.508 e. The van der Waals surface area contributed by atoms with Gasteiger partial charge in [0.1, 0.15) is 5.75 Å². The number of ether oxygens (including phenoxy) is 1. The summed E-state index contributed by atoms with van der Waals surface area (Å²) < 4.78 is 7.24. The molecule has 0 saturated carbocycles. The van der Waals surface area contributed by atoms with E-state index in [4.69, 9.17) is 9.72 Å². The molecule has 2 heterocycles. The van der Waals surface area contributed by atoms with Crippen LogP contribution in [0.3, 0.4) is 0 Å². The minimum atomic E-state index is -1.06. The average Bonchev–Trinajstić information content (AvgIpc) is 3.11. The second kappa shape index (κ2) is 8.18. The van der Waals surface area contributed by atoms with Crippen molar-refractivity contribution in [2.75, 3.05) is 18.1 Å². The number of aromatic nitrogens is 2. The van der Waals surface area contributed by atoms with Crippen molar-refractivity contribution in [3.05, 3.63) is 54.1 Å². The summed E-state index contributed by atoms with van der Waals surface area (Å²) >= 11 is 0. The Morgan fingerprint density at radius 2 is 1.97 bits per heavy atom. The molecule has 2 atom stereocenters. The molecule has 1 aromatic heterocycles. The van der Waals surface area contributed by atoms with Crippen LogP contribution in [0.4, 0.5) is 5.95 Å². The first-order valence-corrected chi connectivity index (χ1v) is 10.3. The van der Waals surface area contributed by atoms with Crippen molar-refractivity contribution in [2.24, 2.45) is 5.92 Å². The van der Waals surface area contributed by atoms with E-state index in [2.05, 4.69) is 6.92 Å². The van der Waals surface area contributed by atoms with Gasteiger partial charge in [-0.15, -0.1) is 0 Å². The van der Waals surface area contributed by atoms with E-state index in [1.54, 1.807) is 30.0 Å². The number of hydrogen-bond acceptors (Lipinski definition) is 5. The van der Waals surface area contributed by atoms with E-state index >= 15 is 0 Å². The van der Waals surface area contributed by atoms with Gasteiger partial charge < -0.3 is 14.4 Å². The molecule has 1 aliphatic rings. The van der Waals surface area contributed by atoms with Crippen molar-refractivity contribution >= 4 is 28.9 Å². The SMILES string of the molecule is CCCCN1C(=O)[C@H](C(=O)OCC)[C@H](c2cccc(O)c2)n2c1nc1ccccc12. The number of esters is 1. The van der Waals surface area contributed by atoms with E-state index in [1.165, 1.54) is 0 Å². The number of hydrogen-bond donors (Lipinski definition) is 1. The minimum absolute atomic E-state index is 0.0712. The van der Waals surface area contributed by atoms with Gasteiger partial charge in [0, 0.05) is 6.54 Å². The van der Waals surface area contributed by atoms with E-state index in [0.717, 1.165) is 23.9 Å². The Balaban J connectivity index is 1.98. The van der Waals surface area contributed by atoms with E-state index < -0.39 is 17.9 Å². The Bertz CT molecular complexity index is 1090. The van der Waals surface area contributed by atoms with Crippen molar-refractivity contribution in [1.82, 2.24) is 9.55 Å². The van der Waals surface area contributed by atoms with Gasteiger partial charge in [0.2, 0.25) is 11.9 Å². The van der Waals surface area contributed by atoms with E-state index in [-0.39, 0.29) is 18.3 Å². The Morgan fingerprint density at radius 1 is 1.17 bits per heavy atom. The molecule has 0 aliphatic carbocycles. The number of fused-ring (bicyclic) bond motifs is 3. The lowest BCUT2D eigenvalue weighted by atomic mass is 9.89. The zero-order valence-electron chi connectivity index (χ0n) is 17.1. The van der Waals surface area contributed by atoms with Gasteiger partial charge in [-0.25, -0.2) is 4.98 Å². The van der Waals surface area contributed by atoms with Crippen LogP contribution >= 0.6 is 0 Å². The van der Waals surface area contributed by atoms with Gasteiger partial charge in [0.05, 0.1) is 23.7 Å². The van der Waals surface area contributed by atoms with Gasteiger partial charge in [0.25, 0.3) is 0 Å². The van der Waals surface area contributed by atoms with Gasteiger partial charge >= 0.3 is 5.97 Å². The third-order valence-electron chi connectivity index (χ3n) is 5.43. The standard InChI is InChI=1S/C23H25N3O4/c1-3-5-13-25-21(28)19(22(29)30-4-2)20(15-9-8-10-16(27)14-15)26-18-12-7-6-11-17(18)24-23(25)26/h6-12,14,19-20,27H,3-5,13H2,1-2H3/t19-,20+/m1/s1. The fourth-order valence-electron chi connectivity index (χ4n) is 4.09. The topological polar surface area (TPSA) is 84.7 Å². The Kier molecular flexibility index (Phi) is 5.44. The number of nitrogens with zero attached hydrogens (tertiary/aromatic N) is 3. The number of phenolic OH excluding ortho intramolecular Hbond substituents is 1. The summed E-state index contributed by atoms with van der Waals surface area (Å²) in [4.78, 5) is 32.9. The molecular weight excluding hydrogens is 382 g/mol. The molecule has 2 aromatic carbocycles. The molecule has 30 heavy (non-hydrogen) atoms. The predicted octanol–water partition coefficient (Wildman–Crippen LogP) is 3.66. The number of phenols is 1. The van der Waals surface area contributed by atoms with E-state index in [1.807, 2.05) is 34.9 Å². The van der Waals surface area contributed by atoms with Crippen LogP contribution in [0, 0.1) is 5.92 Å². The zero-order valence-corrected chi connectivity index (χ0v) is 17.1. The number of amides is 1. The Labute approximate surface area is 174 Å². The summed E-state index contributed by atoms with van der Waals surface area (Å²) in [5.74, 6) is -1.36. The number of carbonyl (C=O) groups excluding carboxylic acids is 2. The maximum absolute atomic E-state index is 13.6. The van der Waals surface area contributed by atoms with Crippen LogP contribution in [-0.4, -0.2) is 39.7 Å². The van der Waals surface area contributed by atoms with Gasteiger partial charge in [-0.3, -0.25) is 14.5 Å². The highest BCUT2D eigenvalue weighted by molar-refractivity contribution is 6.08. The molecule has 0 unspecified atom stereocenters. The molecule has 0 spiro atoms. The molecule has 0 saturated heterocycles. The molecular formula is C23H25N3O4. The highest BCUT2D eigenvalue weighted by Crippen LogP contribution is 2.41. The number of rotatable bonds is 6. The molecule has 1 amide bonds. The first kappa shape index (κ1) is 19.9. The van der Waals surface area contributed by atoms with Gasteiger partial charge in [-0.05, 0) is 43.2 Å². The molecule has 156 valence electrons. The lowest BCUT2D eigenvalue weighted by molar-refractivity contribution is -0.153. The third kappa shape index (κ3) is 3.30. The molecule has 7 heteroatoms. The van der Waals surface area contributed by atoms with Crippen molar-refractivity contribution < 1.29 is 19.4 Å². The van der Waals surface area contributed by atoms with Gasteiger partial charge in [-0.1, -0.05) is 37.6 Å². The number of para-hydroxylation sites is 2. The van der Waals surface area contributed by atoms with Crippen LogP contribution in [-0.2, 0) is 14.3 Å². The molecule has 1 N–H and O–H groups in total. The van der Waals surface area contributed by atoms with Crippen molar-refractivity contribution in [2.45, 2.75) is 32.7 Å². The first-order chi connectivity index (χ1) is 14.6. The summed E-state index contributed by atoms with van der Waals surface area (Å²) in [6.45, 7) is 4.43. The summed E-state index contributed by atoms with van der Waals surface area (Å²) in [7, 11) is 0. The smallest absolute Gasteiger partial charge is 0.321 e. The molecule has 4 rings (SSSR count). The van der Waals surface area contributed by atoms with Crippen molar-refractivity contribution in [1.29, 1.82) is 0 Å². The monoisotopic (exact) mass is 407 g/mol. The normalized spacial score (nSPS) is 18.5. The van der Waals surface area contributed by atoms with E-state index in [0.29, 0.717) is 18.1 Å². The van der Waals surface area contributed by atoms with E-state index in [9.17, 15) is 14.7 Å². The molecule has 1 aliphatic heterocycles. The van der Waals surface area contributed by atoms with Gasteiger partial charge in [-0.2, -0.15) is 0 Å². The number of unbranched alkanes of at least 4 members (excludes halogenated alkanes) is 1. The van der Waals surface area contributed by atoms with Crippen LogP contribution in [0.1, 0.15) is 38.3 Å². The summed E-state index contributed by atoms with van der Waals surface area (Å²) in [5, 5.41) is 10.1. The molecule has 7 nitrogen and oxygen atoms in total. The molecule has 3 aromatic rings. The number of benzene rings is 2. The van der Waals surface area contributed by atoms with Crippen LogP contribution in [0.25, 0.3) is 11.0 Å². The van der Waals surface area contributed by atoms with Crippen LogP contribution in [0.5, 0.6) is 5.75 Å². The molecule has 0 fully saturated rings. The minimum Gasteiger partial charge on any atom is -0.508 e. The Morgan fingerprint density at radius 3 is 2.70 bits per heavy atom. The molecule has 0 bridgehead atoms. The lowest BCUT2D eigenvalue weighted by Crippen LogP contribution is -2.50. The summed E-state index contributed by atoms with van der Waals surface area (Å²) in [5.41, 5.74) is 2.22.